The van der Waals surface area contributed by atoms with Crippen LogP contribution in [0.1, 0.15) is 22.3 Å². The Kier molecular flexibility index (Phi) is 14.2. The summed E-state index contributed by atoms with van der Waals surface area (Å²) in [6, 6.07) is 31.8. The molecule has 0 radical (unpaired) electrons. The van der Waals surface area contributed by atoms with E-state index >= 15 is 0 Å². The van der Waals surface area contributed by atoms with Crippen LogP contribution in [0.25, 0.3) is 24.3 Å². The first-order chi connectivity index (χ1) is 15.5. The molecule has 4 aromatic carbocycles. The summed E-state index contributed by atoms with van der Waals surface area (Å²) in [6.45, 7) is 0. The van der Waals surface area contributed by atoms with Crippen molar-refractivity contribution < 1.29 is 33.0 Å². The van der Waals surface area contributed by atoms with Gasteiger partial charge in [-0.2, -0.15) is 19.6 Å². The molecule has 0 heterocycles. The summed E-state index contributed by atoms with van der Waals surface area (Å²) in [5, 5.41) is 0. The van der Waals surface area contributed by atoms with Crippen molar-refractivity contribution in [2.75, 3.05) is 0 Å². The smallest absolute Gasteiger partial charge is 0.781 e. The predicted octanol–water partition coefficient (Wildman–Crippen LogP) is 7.33. The van der Waals surface area contributed by atoms with Gasteiger partial charge in [0, 0.05) is 0 Å². The van der Waals surface area contributed by atoms with E-state index in [1.807, 2.05) is 97.1 Å². The van der Waals surface area contributed by atoms with Crippen LogP contribution in [0.5, 0.6) is 0 Å². The van der Waals surface area contributed by atoms with Gasteiger partial charge in [0.15, 0.2) is 0 Å². The van der Waals surface area contributed by atoms with Crippen LogP contribution >= 0.6 is 0 Å². The van der Waals surface area contributed by atoms with Gasteiger partial charge >= 0.3 is 33.0 Å². The Balaban J connectivity index is 0.000000321. The number of rotatable bonds is 4. The Morgan fingerprint density at radius 3 is 1.09 bits per heavy atom. The van der Waals surface area contributed by atoms with E-state index in [0.29, 0.717) is 0 Å². The van der Waals surface area contributed by atoms with Gasteiger partial charge in [0.2, 0.25) is 0 Å². The maximum atomic E-state index is 5.25. The summed E-state index contributed by atoms with van der Waals surface area (Å²) >= 11 is 20.8. The van der Waals surface area contributed by atoms with Crippen LogP contribution in [0.2, 0.25) is 0 Å². The van der Waals surface area contributed by atoms with Gasteiger partial charge in [-0.05, 0) is 22.3 Å². The minimum Gasteiger partial charge on any atom is -0.781 e. The van der Waals surface area contributed by atoms with Gasteiger partial charge in [0.1, 0.15) is 0 Å². The molecule has 4 rings (SSSR count). The molecule has 0 N–H and O–H groups in total. The number of hydrogen-bond donors (Lipinski definition) is 0. The first-order valence-electron chi connectivity index (χ1n) is 9.95. The molecule has 0 bridgehead atoms. The van der Waals surface area contributed by atoms with Crippen molar-refractivity contribution in [2.24, 2.45) is 0 Å². The van der Waals surface area contributed by atoms with E-state index in [4.69, 9.17) is 50.5 Å². The van der Waals surface area contributed by atoms with E-state index < -0.39 is 0 Å². The van der Waals surface area contributed by atoms with Crippen LogP contribution in [-0.4, -0.2) is 0 Å². The molecule has 4 aromatic rings. The fourth-order valence-electron chi connectivity index (χ4n) is 2.83. The molecular formula is C28H20Ni2S4. The summed E-state index contributed by atoms with van der Waals surface area (Å²) in [7, 11) is 0. The van der Waals surface area contributed by atoms with Gasteiger partial charge < -0.3 is 50.5 Å². The zero-order chi connectivity index (χ0) is 22.8. The fourth-order valence-corrected chi connectivity index (χ4v) is 3.63. The third kappa shape index (κ3) is 9.47. The SMILES string of the molecule is [Ni+2].[Ni+2].[S-]c1cccc(C=Cc2ccccc2)c1[S-].[S-]c1cccc(C=Cc2ccccc2)c1[S-]. The number of benzene rings is 4. The van der Waals surface area contributed by atoms with Crippen LogP contribution in [0.3, 0.4) is 0 Å². The van der Waals surface area contributed by atoms with Crippen molar-refractivity contribution in [1.82, 2.24) is 0 Å². The molecule has 0 fully saturated rings. The van der Waals surface area contributed by atoms with E-state index in [2.05, 4.69) is 24.3 Å². The van der Waals surface area contributed by atoms with Gasteiger partial charge in [-0.15, -0.1) is 0 Å². The van der Waals surface area contributed by atoms with Gasteiger partial charge in [0.05, 0.1) is 0 Å². The molecule has 0 atom stereocenters. The minimum atomic E-state index is 0. The maximum Gasteiger partial charge on any atom is 2.00 e. The zero-order valence-electron chi connectivity index (χ0n) is 17.8. The third-order valence-corrected chi connectivity index (χ3v) is 6.38. The fraction of sp³-hybridized carbons (Fsp3) is 0. The zero-order valence-corrected chi connectivity index (χ0v) is 23.1. The second kappa shape index (κ2) is 16.0. The Labute approximate surface area is 244 Å². The Bertz CT molecular complexity index is 1110. The van der Waals surface area contributed by atoms with Gasteiger partial charge in [0.25, 0.3) is 0 Å². The van der Waals surface area contributed by atoms with Crippen molar-refractivity contribution in [2.45, 2.75) is 19.6 Å². The van der Waals surface area contributed by atoms with E-state index in [-0.39, 0.29) is 33.0 Å². The van der Waals surface area contributed by atoms with Gasteiger partial charge in [-0.3, -0.25) is 0 Å². The van der Waals surface area contributed by atoms with E-state index in [1.54, 1.807) is 0 Å². The monoisotopic (exact) mass is 600 g/mol. The average molecular weight is 602 g/mol. The minimum absolute atomic E-state index is 0. The van der Waals surface area contributed by atoms with E-state index in [1.165, 1.54) is 0 Å². The second-order valence-electron chi connectivity index (χ2n) is 6.84. The molecule has 0 saturated carbocycles. The summed E-state index contributed by atoms with van der Waals surface area (Å²) in [6.07, 6.45) is 8.10. The van der Waals surface area contributed by atoms with Crippen LogP contribution in [-0.2, 0) is 83.5 Å². The van der Waals surface area contributed by atoms with Crippen LogP contribution in [0, 0.1) is 0 Å². The summed E-state index contributed by atoms with van der Waals surface area (Å²) in [4.78, 5) is 2.99. The first-order valence-corrected chi connectivity index (χ1v) is 11.6. The second-order valence-corrected chi connectivity index (χ2v) is 8.53. The number of hydrogen-bond acceptors (Lipinski definition) is 4. The van der Waals surface area contributed by atoms with Gasteiger partial charge in [-0.1, -0.05) is 121 Å². The Morgan fingerprint density at radius 1 is 0.382 bits per heavy atom. The molecule has 0 nitrogen and oxygen atoms in total. The third-order valence-electron chi connectivity index (χ3n) is 4.53. The van der Waals surface area contributed by atoms with Crippen molar-refractivity contribution >= 4 is 74.8 Å². The molecule has 176 valence electrons. The molecule has 34 heavy (non-hydrogen) atoms. The van der Waals surface area contributed by atoms with Gasteiger partial charge in [-0.25, -0.2) is 0 Å². The van der Waals surface area contributed by atoms with E-state index in [9.17, 15) is 0 Å². The molecular weight excluding hydrogens is 582 g/mol. The normalized spacial score (nSPS) is 10.1. The molecule has 0 spiro atoms. The standard InChI is InChI=1S/2C14H12S2.2Ni/c2*15-13-8-4-7-12(14(13)16)10-9-11-5-2-1-3-6-11;;/h2*1-10,15-16H;;/q;;2*+2/p-4. The van der Waals surface area contributed by atoms with Crippen molar-refractivity contribution in [3.63, 3.8) is 0 Å². The van der Waals surface area contributed by atoms with Crippen LogP contribution < -0.4 is 0 Å². The van der Waals surface area contributed by atoms with Crippen LogP contribution in [0.4, 0.5) is 0 Å². The average Bonchev–Trinajstić information content (AvgIpc) is 2.83. The molecule has 0 amide bonds. The Morgan fingerprint density at radius 2 is 0.735 bits per heavy atom. The molecule has 0 aliphatic rings. The quantitative estimate of drug-likeness (QED) is 0.136. The topological polar surface area (TPSA) is 0 Å². The predicted molar refractivity (Wildman–Crippen MR) is 146 cm³/mol. The molecule has 0 aromatic heterocycles. The summed E-state index contributed by atoms with van der Waals surface area (Å²) in [5.74, 6) is 0. The van der Waals surface area contributed by atoms with Crippen molar-refractivity contribution in [3.8, 4) is 0 Å². The first kappa shape index (κ1) is 30.3. The largest absolute Gasteiger partial charge is 2.00 e. The van der Waals surface area contributed by atoms with Crippen LogP contribution in [0.15, 0.2) is 117 Å². The molecule has 0 aliphatic heterocycles. The van der Waals surface area contributed by atoms with Crippen molar-refractivity contribution in [1.29, 1.82) is 0 Å². The Hall–Kier alpha value is -1.77. The molecule has 0 saturated heterocycles. The molecule has 0 aliphatic carbocycles. The van der Waals surface area contributed by atoms with E-state index in [0.717, 1.165) is 41.8 Å². The van der Waals surface area contributed by atoms with Crippen molar-refractivity contribution in [3.05, 3.63) is 119 Å². The summed E-state index contributed by atoms with van der Waals surface area (Å²) < 4.78 is 0. The molecule has 6 heteroatoms. The summed E-state index contributed by atoms with van der Waals surface area (Å²) in [5.41, 5.74) is 4.33. The maximum absolute atomic E-state index is 5.25. The molecule has 0 unspecified atom stereocenters.